The van der Waals surface area contributed by atoms with Crippen molar-refractivity contribution in [2.75, 3.05) is 4.90 Å². The summed E-state index contributed by atoms with van der Waals surface area (Å²) < 4.78 is 0. The summed E-state index contributed by atoms with van der Waals surface area (Å²) in [4.78, 5) is 2.54. The molecular formula is C74H63N. The van der Waals surface area contributed by atoms with Crippen molar-refractivity contribution < 1.29 is 0 Å². The lowest BCUT2D eigenvalue weighted by atomic mass is 9.74. The van der Waals surface area contributed by atoms with Crippen LogP contribution in [0.4, 0.5) is 17.1 Å². The Morgan fingerprint density at radius 3 is 1.48 bits per heavy atom. The number of nitrogens with zero attached hydrogens (tertiary/aromatic N) is 1. The zero-order chi connectivity index (χ0) is 51.5. The lowest BCUT2D eigenvalue weighted by Gasteiger charge is -2.32. The molecule has 1 nitrogen and oxygen atoms in total. The van der Waals surface area contributed by atoms with Gasteiger partial charge in [0.25, 0.3) is 0 Å². The molecule has 0 saturated heterocycles. The highest BCUT2D eigenvalue weighted by Crippen LogP contribution is 2.57. The van der Waals surface area contributed by atoms with Gasteiger partial charge < -0.3 is 4.90 Å². The molecule has 11 aromatic rings. The molecule has 1 atom stereocenters. The molecule has 75 heavy (non-hydrogen) atoms. The van der Waals surface area contributed by atoms with Crippen LogP contribution in [0.2, 0.25) is 0 Å². The third-order valence-corrected chi connectivity index (χ3v) is 15.9. The Morgan fingerprint density at radius 1 is 0.320 bits per heavy atom. The summed E-state index contributed by atoms with van der Waals surface area (Å²) in [6.07, 6.45) is 0. The second-order valence-electron chi connectivity index (χ2n) is 22.6. The predicted molar refractivity (Wildman–Crippen MR) is 321 cm³/mol. The minimum atomic E-state index is -0.362. The SMILES string of the molecule is CC(C)(C)c1cc(-c2cccc3cccc(-c4ccccc4N(c4ccc(-c5ccc(-c6ccccc6)c(-c6ccccc6)c5)cc4)c4cccc5c4-c4ccccc4C5(C)c4ccccc4)c23)cc(C(C)(C)C)c1. The van der Waals surface area contributed by atoms with Crippen molar-refractivity contribution in [1.29, 1.82) is 0 Å². The molecule has 12 rings (SSSR count). The fourth-order valence-electron chi connectivity index (χ4n) is 11.8. The molecule has 1 heteroatoms. The molecule has 364 valence electrons. The van der Waals surface area contributed by atoms with Gasteiger partial charge in [-0.1, -0.05) is 266 Å². The van der Waals surface area contributed by atoms with Crippen molar-refractivity contribution >= 4 is 27.8 Å². The van der Waals surface area contributed by atoms with Crippen LogP contribution in [0.3, 0.4) is 0 Å². The summed E-state index contributed by atoms with van der Waals surface area (Å²) in [5, 5.41) is 2.47. The van der Waals surface area contributed by atoms with E-state index in [1.54, 1.807) is 0 Å². The number of para-hydroxylation sites is 1. The van der Waals surface area contributed by atoms with E-state index in [1.165, 1.54) is 99.8 Å². The van der Waals surface area contributed by atoms with Crippen LogP contribution < -0.4 is 4.90 Å². The number of anilines is 3. The minimum absolute atomic E-state index is 0.0208. The third-order valence-electron chi connectivity index (χ3n) is 15.9. The topological polar surface area (TPSA) is 3.24 Å². The van der Waals surface area contributed by atoms with Crippen LogP contribution in [-0.2, 0) is 16.2 Å². The fourth-order valence-corrected chi connectivity index (χ4v) is 11.8. The number of hydrogen-bond acceptors (Lipinski definition) is 1. The second kappa shape index (κ2) is 18.8. The summed E-state index contributed by atoms with van der Waals surface area (Å²) in [5.74, 6) is 0. The third kappa shape index (κ3) is 8.47. The molecule has 0 fully saturated rings. The first kappa shape index (κ1) is 47.5. The number of rotatable bonds is 9. The standard InChI is InChI=1S/C74H63N/c1-72(2,3)57-46-55(47-58(49-57)73(4,5)6)61-34-21-28-53-29-22-35-63(70(53)61)62-32-18-20-38-68(62)75(69-39-23-37-67-71(69)64-33-17-19-36-66(64)74(67,7)56-30-15-10-16-31-56)59-43-40-50(41-44-59)54-42-45-60(51-24-11-8-12-25-51)65(48-54)52-26-13-9-14-27-52/h8-49H,1-7H3. The van der Waals surface area contributed by atoms with E-state index >= 15 is 0 Å². The molecule has 0 aromatic heterocycles. The fraction of sp³-hybridized carbons (Fsp3) is 0.135. The number of hydrogen-bond donors (Lipinski definition) is 0. The first-order valence-corrected chi connectivity index (χ1v) is 26.6. The van der Waals surface area contributed by atoms with Crippen molar-refractivity contribution in [3.63, 3.8) is 0 Å². The van der Waals surface area contributed by atoms with Gasteiger partial charge in [-0.05, 0) is 142 Å². The van der Waals surface area contributed by atoms with Gasteiger partial charge in [0.15, 0.2) is 0 Å². The molecule has 0 saturated carbocycles. The van der Waals surface area contributed by atoms with E-state index in [1.807, 2.05) is 0 Å². The Hall–Kier alpha value is -8.52. The van der Waals surface area contributed by atoms with Gasteiger partial charge >= 0.3 is 0 Å². The predicted octanol–water partition coefficient (Wildman–Crippen LogP) is 20.6. The monoisotopic (exact) mass is 965 g/mol. The zero-order valence-electron chi connectivity index (χ0n) is 44.2. The summed E-state index contributed by atoms with van der Waals surface area (Å²) >= 11 is 0. The number of fused-ring (bicyclic) bond motifs is 4. The van der Waals surface area contributed by atoms with Crippen molar-refractivity contribution in [2.24, 2.45) is 0 Å². The van der Waals surface area contributed by atoms with Gasteiger partial charge in [0.05, 0.1) is 11.4 Å². The Kier molecular flexibility index (Phi) is 11.9. The molecule has 0 bridgehead atoms. The first-order valence-electron chi connectivity index (χ1n) is 26.6. The van der Waals surface area contributed by atoms with Gasteiger partial charge in [-0.15, -0.1) is 0 Å². The van der Waals surface area contributed by atoms with E-state index in [0.717, 1.165) is 22.6 Å². The summed E-state index contributed by atoms with van der Waals surface area (Å²) in [5.41, 5.74) is 24.1. The van der Waals surface area contributed by atoms with Crippen LogP contribution in [0.15, 0.2) is 255 Å². The summed E-state index contributed by atoms with van der Waals surface area (Å²) in [7, 11) is 0. The van der Waals surface area contributed by atoms with Gasteiger partial charge in [-0.2, -0.15) is 0 Å². The maximum absolute atomic E-state index is 2.54. The minimum Gasteiger partial charge on any atom is -0.309 e. The Bertz CT molecular complexity index is 3850. The zero-order valence-corrected chi connectivity index (χ0v) is 44.2. The summed E-state index contributed by atoms with van der Waals surface area (Å²) in [6.45, 7) is 16.4. The van der Waals surface area contributed by atoms with E-state index < -0.39 is 0 Å². The highest BCUT2D eigenvalue weighted by atomic mass is 15.1. The molecule has 0 radical (unpaired) electrons. The average Bonchev–Trinajstić information content (AvgIpc) is 3.75. The smallest absolute Gasteiger partial charge is 0.0543 e. The molecule has 0 aliphatic heterocycles. The molecule has 0 N–H and O–H groups in total. The van der Waals surface area contributed by atoms with Crippen LogP contribution in [0.25, 0.3) is 77.5 Å². The van der Waals surface area contributed by atoms with Crippen LogP contribution in [0.1, 0.15) is 76.3 Å². The maximum atomic E-state index is 2.54. The van der Waals surface area contributed by atoms with Crippen molar-refractivity contribution in [3.8, 4) is 66.8 Å². The molecular weight excluding hydrogens is 903 g/mol. The van der Waals surface area contributed by atoms with E-state index in [9.17, 15) is 0 Å². The lowest BCUT2D eigenvalue weighted by Crippen LogP contribution is -2.22. The average molecular weight is 966 g/mol. The van der Waals surface area contributed by atoms with Gasteiger partial charge in [-0.25, -0.2) is 0 Å². The van der Waals surface area contributed by atoms with Crippen molar-refractivity contribution in [2.45, 2.75) is 64.7 Å². The highest BCUT2D eigenvalue weighted by molar-refractivity contribution is 6.09. The second-order valence-corrected chi connectivity index (χ2v) is 22.6. The molecule has 1 aliphatic rings. The molecule has 1 aliphatic carbocycles. The van der Waals surface area contributed by atoms with Crippen LogP contribution in [-0.4, -0.2) is 0 Å². The van der Waals surface area contributed by atoms with E-state index in [-0.39, 0.29) is 16.2 Å². The molecule has 11 aromatic carbocycles. The van der Waals surface area contributed by atoms with Gasteiger partial charge in [0.2, 0.25) is 0 Å². The van der Waals surface area contributed by atoms with Crippen LogP contribution in [0.5, 0.6) is 0 Å². The Balaban J connectivity index is 1.08. The lowest BCUT2D eigenvalue weighted by molar-refractivity contribution is 0.569. The highest BCUT2D eigenvalue weighted by Gasteiger charge is 2.42. The maximum Gasteiger partial charge on any atom is 0.0543 e. The van der Waals surface area contributed by atoms with E-state index in [4.69, 9.17) is 0 Å². The Labute approximate surface area is 444 Å². The molecule has 0 spiro atoms. The van der Waals surface area contributed by atoms with Gasteiger partial charge in [0.1, 0.15) is 0 Å². The molecule has 1 unspecified atom stereocenters. The first-order chi connectivity index (χ1) is 36.4. The van der Waals surface area contributed by atoms with Gasteiger partial charge in [-0.3, -0.25) is 0 Å². The Morgan fingerprint density at radius 2 is 0.827 bits per heavy atom. The number of benzene rings is 11. The van der Waals surface area contributed by atoms with Crippen molar-refractivity contribution in [3.05, 3.63) is 283 Å². The summed E-state index contributed by atoms with van der Waals surface area (Å²) in [6, 6.07) is 94.9. The van der Waals surface area contributed by atoms with Crippen LogP contribution >= 0.6 is 0 Å². The molecule has 0 heterocycles. The van der Waals surface area contributed by atoms with E-state index in [0.29, 0.717) is 0 Å². The van der Waals surface area contributed by atoms with E-state index in [2.05, 4.69) is 308 Å². The van der Waals surface area contributed by atoms with Crippen molar-refractivity contribution in [1.82, 2.24) is 0 Å². The quantitative estimate of drug-likeness (QED) is 0.139. The van der Waals surface area contributed by atoms with Crippen LogP contribution in [0, 0.1) is 0 Å². The largest absolute Gasteiger partial charge is 0.309 e. The van der Waals surface area contributed by atoms with Gasteiger partial charge in [0, 0.05) is 22.2 Å². The normalized spacial score (nSPS) is 14.1. The molecule has 0 amide bonds.